The van der Waals surface area contributed by atoms with Crippen LogP contribution < -0.4 is 4.74 Å². The minimum absolute atomic E-state index is 0.116. The third-order valence-corrected chi connectivity index (χ3v) is 6.31. The summed E-state index contributed by atoms with van der Waals surface area (Å²) < 4.78 is 46.4. The van der Waals surface area contributed by atoms with Gasteiger partial charge in [-0.15, -0.1) is 5.92 Å². The number of nitrogens with one attached hydrogen (secondary N) is 1. The number of carboxylic acids is 1. The highest BCUT2D eigenvalue weighted by Crippen LogP contribution is 2.34. The Balaban J connectivity index is 1.68. The molecule has 0 bridgehead atoms. The lowest BCUT2D eigenvalue weighted by Gasteiger charge is -2.23. The lowest BCUT2D eigenvalue weighted by atomic mass is 9.94. The SMILES string of the molecule is CC#CC(CC(=O)O)c1ccc(O[C@@H](Cc2cccc(C(F)(F)F)c2)c2ccc3cc[nH]c3c2C)cc1. The number of aryl methyl sites for hydroxylation is 1. The van der Waals surface area contributed by atoms with Crippen LogP contribution in [0.5, 0.6) is 5.75 Å². The Hall–Kier alpha value is -4.18. The molecule has 0 aliphatic heterocycles. The van der Waals surface area contributed by atoms with Crippen LogP contribution in [0, 0.1) is 18.8 Å². The lowest BCUT2D eigenvalue weighted by Crippen LogP contribution is -2.14. The van der Waals surface area contributed by atoms with Crippen molar-refractivity contribution in [1.82, 2.24) is 4.98 Å². The van der Waals surface area contributed by atoms with E-state index in [-0.39, 0.29) is 12.8 Å². The molecule has 0 radical (unpaired) electrons. The molecule has 37 heavy (non-hydrogen) atoms. The summed E-state index contributed by atoms with van der Waals surface area (Å²) in [5.74, 6) is 4.82. The molecule has 4 aromatic rings. The maximum Gasteiger partial charge on any atom is 0.416 e. The standard InChI is InChI=1S/C30H26F3NO3/c1-3-5-23(18-28(35)36)21-8-11-25(12-9-21)37-27(17-20-6-4-7-24(16-20)30(31,32)33)26-13-10-22-14-15-34-29(22)19(26)2/h4,6-16,23,27,34H,17-18H2,1-2H3,(H,35,36)/t23?,27-/m0/s1. The van der Waals surface area contributed by atoms with Gasteiger partial charge in [-0.3, -0.25) is 4.79 Å². The number of rotatable bonds is 8. The fourth-order valence-corrected chi connectivity index (χ4v) is 4.49. The highest BCUT2D eigenvalue weighted by Gasteiger charge is 2.31. The zero-order valence-corrected chi connectivity index (χ0v) is 20.4. The fraction of sp³-hybridized carbons (Fsp3) is 0.233. The first-order valence-electron chi connectivity index (χ1n) is 11.8. The average Bonchev–Trinajstić information content (AvgIpc) is 3.34. The Labute approximate surface area is 213 Å². The Morgan fingerprint density at radius 3 is 2.51 bits per heavy atom. The number of aliphatic carboxylic acids is 1. The van der Waals surface area contributed by atoms with Gasteiger partial charge in [-0.05, 0) is 65.8 Å². The molecule has 1 aromatic heterocycles. The third-order valence-electron chi connectivity index (χ3n) is 6.31. The predicted octanol–water partition coefficient (Wildman–Crippen LogP) is 7.44. The van der Waals surface area contributed by atoms with Crippen LogP contribution in [-0.4, -0.2) is 16.1 Å². The Kier molecular flexibility index (Phi) is 7.58. The van der Waals surface area contributed by atoms with Gasteiger partial charge >= 0.3 is 12.1 Å². The molecule has 1 heterocycles. The number of benzene rings is 3. The van der Waals surface area contributed by atoms with E-state index in [2.05, 4.69) is 16.8 Å². The second kappa shape index (κ2) is 10.8. The first kappa shape index (κ1) is 25.9. The summed E-state index contributed by atoms with van der Waals surface area (Å²) in [5, 5.41) is 10.2. The fourth-order valence-electron chi connectivity index (χ4n) is 4.49. The van der Waals surface area contributed by atoms with E-state index < -0.39 is 29.7 Å². The second-order valence-corrected chi connectivity index (χ2v) is 8.84. The van der Waals surface area contributed by atoms with Gasteiger partial charge in [0.25, 0.3) is 0 Å². The molecule has 1 unspecified atom stereocenters. The highest BCUT2D eigenvalue weighted by atomic mass is 19.4. The number of aromatic amines is 1. The van der Waals surface area contributed by atoms with Crippen LogP contribution in [0.2, 0.25) is 0 Å². The molecule has 0 saturated carbocycles. The molecule has 2 N–H and O–H groups in total. The monoisotopic (exact) mass is 505 g/mol. The number of H-pyrrole nitrogens is 1. The molecule has 0 aliphatic carbocycles. The maximum atomic E-state index is 13.3. The number of hydrogen-bond donors (Lipinski definition) is 2. The van der Waals surface area contributed by atoms with E-state index in [0.717, 1.165) is 39.7 Å². The van der Waals surface area contributed by atoms with E-state index in [4.69, 9.17) is 4.74 Å². The van der Waals surface area contributed by atoms with Gasteiger partial charge in [0, 0.05) is 18.1 Å². The molecular formula is C30H26F3NO3. The molecule has 4 rings (SSSR count). The average molecular weight is 506 g/mol. The number of carboxylic acid groups (broad SMARTS) is 1. The van der Waals surface area contributed by atoms with Gasteiger partial charge in [0.1, 0.15) is 11.9 Å². The first-order valence-corrected chi connectivity index (χ1v) is 11.8. The summed E-state index contributed by atoms with van der Waals surface area (Å²) in [6.07, 6.45) is -3.05. The predicted molar refractivity (Wildman–Crippen MR) is 136 cm³/mol. The summed E-state index contributed by atoms with van der Waals surface area (Å²) in [5.41, 5.74) is 3.31. The van der Waals surface area contributed by atoms with Gasteiger partial charge < -0.3 is 14.8 Å². The van der Waals surface area contributed by atoms with Crippen LogP contribution in [0.25, 0.3) is 10.9 Å². The van der Waals surface area contributed by atoms with Crippen LogP contribution in [0.1, 0.15) is 53.2 Å². The molecular weight excluding hydrogens is 479 g/mol. The number of alkyl halides is 3. The van der Waals surface area contributed by atoms with E-state index in [1.165, 1.54) is 6.07 Å². The lowest BCUT2D eigenvalue weighted by molar-refractivity contribution is -0.138. The van der Waals surface area contributed by atoms with Gasteiger partial charge in [-0.2, -0.15) is 13.2 Å². The molecule has 0 spiro atoms. The highest BCUT2D eigenvalue weighted by molar-refractivity contribution is 5.83. The first-order chi connectivity index (χ1) is 17.7. The van der Waals surface area contributed by atoms with Crippen molar-refractivity contribution in [3.8, 4) is 17.6 Å². The largest absolute Gasteiger partial charge is 0.485 e. The summed E-state index contributed by atoms with van der Waals surface area (Å²) in [6, 6.07) is 18.2. The van der Waals surface area contributed by atoms with Gasteiger partial charge in [-0.1, -0.05) is 48.4 Å². The Bertz CT molecular complexity index is 1460. The summed E-state index contributed by atoms with van der Waals surface area (Å²) in [4.78, 5) is 14.4. The molecule has 3 aromatic carbocycles. The van der Waals surface area contributed by atoms with Crippen molar-refractivity contribution < 1.29 is 27.8 Å². The van der Waals surface area contributed by atoms with E-state index in [9.17, 15) is 23.1 Å². The van der Waals surface area contributed by atoms with E-state index in [1.807, 2.05) is 31.3 Å². The Morgan fingerprint density at radius 2 is 1.84 bits per heavy atom. The van der Waals surface area contributed by atoms with Gasteiger partial charge in [0.15, 0.2) is 0 Å². The van der Waals surface area contributed by atoms with Crippen molar-refractivity contribution in [3.05, 3.63) is 101 Å². The molecule has 0 amide bonds. The van der Waals surface area contributed by atoms with Crippen LogP contribution in [0.4, 0.5) is 13.2 Å². The number of fused-ring (bicyclic) bond motifs is 1. The van der Waals surface area contributed by atoms with E-state index in [1.54, 1.807) is 37.3 Å². The van der Waals surface area contributed by atoms with Crippen molar-refractivity contribution in [3.63, 3.8) is 0 Å². The minimum atomic E-state index is -4.44. The zero-order chi connectivity index (χ0) is 26.6. The summed E-state index contributed by atoms with van der Waals surface area (Å²) in [7, 11) is 0. The third kappa shape index (κ3) is 6.15. The summed E-state index contributed by atoms with van der Waals surface area (Å²) in [6.45, 7) is 3.62. The molecule has 0 aliphatic rings. The van der Waals surface area contributed by atoms with Crippen molar-refractivity contribution in [1.29, 1.82) is 0 Å². The van der Waals surface area contributed by atoms with Crippen molar-refractivity contribution >= 4 is 16.9 Å². The quantitative estimate of drug-likeness (QED) is 0.245. The van der Waals surface area contributed by atoms with Crippen LogP contribution in [-0.2, 0) is 17.4 Å². The smallest absolute Gasteiger partial charge is 0.416 e. The normalized spacial score (nSPS) is 13.0. The van der Waals surface area contributed by atoms with E-state index in [0.29, 0.717) is 11.3 Å². The second-order valence-electron chi connectivity index (χ2n) is 8.84. The van der Waals surface area contributed by atoms with E-state index >= 15 is 0 Å². The van der Waals surface area contributed by atoms with Gasteiger partial charge in [0.2, 0.25) is 0 Å². The number of halogens is 3. The zero-order valence-electron chi connectivity index (χ0n) is 20.4. The van der Waals surface area contributed by atoms with Crippen molar-refractivity contribution in [2.24, 2.45) is 0 Å². The van der Waals surface area contributed by atoms with Gasteiger partial charge in [0.05, 0.1) is 17.9 Å². The summed E-state index contributed by atoms with van der Waals surface area (Å²) >= 11 is 0. The maximum absolute atomic E-state index is 13.3. The van der Waals surface area contributed by atoms with Crippen molar-refractivity contribution in [2.45, 2.75) is 44.9 Å². The number of ether oxygens (including phenoxy) is 1. The number of aromatic nitrogens is 1. The topological polar surface area (TPSA) is 62.3 Å². The van der Waals surface area contributed by atoms with Crippen LogP contribution >= 0.6 is 0 Å². The van der Waals surface area contributed by atoms with Crippen LogP contribution in [0.15, 0.2) is 72.9 Å². The molecule has 7 heteroatoms. The molecule has 0 fully saturated rings. The number of hydrogen-bond acceptors (Lipinski definition) is 2. The van der Waals surface area contributed by atoms with Crippen molar-refractivity contribution in [2.75, 3.05) is 0 Å². The van der Waals surface area contributed by atoms with Crippen LogP contribution in [0.3, 0.4) is 0 Å². The molecule has 0 saturated heterocycles. The molecule has 4 nitrogen and oxygen atoms in total. The number of carbonyl (C=O) groups is 1. The molecule has 190 valence electrons. The van der Waals surface area contributed by atoms with Gasteiger partial charge in [-0.25, -0.2) is 0 Å². The Morgan fingerprint density at radius 1 is 1.08 bits per heavy atom. The minimum Gasteiger partial charge on any atom is -0.485 e. The molecule has 2 atom stereocenters.